The molecule has 0 aromatic heterocycles. The number of nitrogen functional groups attached to an aromatic ring is 1. The van der Waals surface area contributed by atoms with Gasteiger partial charge in [0.1, 0.15) is 0 Å². The van der Waals surface area contributed by atoms with E-state index in [-0.39, 0.29) is 18.9 Å². The fourth-order valence-electron chi connectivity index (χ4n) is 1.34. The van der Waals surface area contributed by atoms with Gasteiger partial charge in [-0.3, -0.25) is 0 Å². The van der Waals surface area contributed by atoms with E-state index in [4.69, 9.17) is 10.5 Å². The third-order valence-corrected chi connectivity index (χ3v) is 2.37. The number of aryl methyl sites for hydroxylation is 2. The van der Waals surface area contributed by atoms with Crippen LogP contribution in [0.15, 0.2) is 18.2 Å². The maximum absolute atomic E-state index is 5.68. The first-order valence-electron chi connectivity index (χ1n) is 5.11. The van der Waals surface area contributed by atoms with Crippen molar-refractivity contribution in [2.45, 2.75) is 26.7 Å². The first kappa shape index (κ1) is 14.6. The zero-order valence-corrected chi connectivity index (χ0v) is 9.05. The van der Waals surface area contributed by atoms with Gasteiger partial charge in [0.05, 0.1) is 0 Å². The predicted molar refractivity (Wildman–Crippen MR) is 67.5 cm³/mol. The molecule has 1 aromatic rings. The van der Waals surface area contributed by atoms with Gasteiger partial charge in [-0.25, -0.2) is 0 Å². The molecule has 0 unspecified atom stereocenters. The third-order valence-electron chi connectivity index (χ3n) is 2.37. The van der Waals surface area contributed by atoms with Crippen LogP contribution in [-0.2, 0) is 4.74 Å². The average Bonchev–Trinajstić information content (AvgIpc) is 2.72. The summed E-state index contributed by atoms with van der Waals surface area (Å²) in [5, 5.41) is 0. The molecule has 80 valence electrons. The molecule has 15 heavy (non-hydrogen) atoms. The molecule has 1 aliphatic rings. The molecule has 3 heteroatoms. The van der Waals surface area contributed by atoms with Gasteiger partial charge >= 0.3 is 18.9 Å². The van der Waals surface area contributed by atoms with Crippen LogP contribution < -0.4 is 5.73 Å². The second-order valence-electron chi connectivity index (χ2n) is 3.62. The van der Waals surface area contributed by atoms with E-state index in [1.807, 2.05) is 32.0 Å². The molecule has 2 nitrogen and oxygen atoms in total. The van der Waals surface area contributed by atoms with E-state index >= 15 is 0 Å². The van der Waals surface area contributed by atoms with Crippen molar-refractivity contribution < 1.29 is 4.74 Å². The van der Waals surface area contributed by atoms with Gasteiger partial charge < -0.3 is 10.5 Å². The first-order chi connectivity index (χ1) is 6.72. The van der Waals surface area contributed by atoms with E-state index in [0.29, 0.717) is 0 Å². The van der Waals surface area contributed by atoms with Crippen molar-refractivity contribution >= 4 is 24.5 Å². The number of rotatable bonds is 0. The topological polar surface area (TPSA) is 35.2 Å². The van der Waals surface area contributed by atoms with E-state index in [0.717, 1.165) is 30.0 Å². The number of para-hydroxylation sites is 1. The van der Waals surface area contributed by atoms with Gasteiger partial charge in [-0.2, -0.15) is 0 Å². The van der Waals surface area contributed by atoms with Crippen LogP contribution in [0.4, 0.5) is 5.69 Å². The maximum atomic E-state index is 5.68. The molecule has 1 heterocycles. The number of nitrogens with two attached hydrogens (primary N) is 1. The molecular weight excluding hydrogens is 181 g/mol. The van der Waals surface area contributed by atoms with Gasteiger partial charge in [0.15, 0.2) is 0 Å². The van der Waals surface area contributed by atoms with Crippen molar-refractivity contribution in [2.24, 2.45) is 0 Å². The molecule has 1 aliphatic heterocycles. The Morgan fingerprint density at radius 1 is 1.07 bits per heavy atom. The molecule has 1 saturated heterocycles. The molecule has 2 N–H and O–H groups in total. The van der Waals surface area contributed by atoms with E-state index < -0.39 is 0 Å². The fraction of sp³-hybridized carbons (Fsp3) is 0.500. The molecule has 0 amide bonds. The summed E-state index contributed by atoms with van der Waals surface area (Å²) in [7, 11) is 0. The summed E-state index contributed by atoms with van der Waals surface area (Å²) < 4.78 is 4.94. The monoisotopic (exact) mass is 201 g/mol. The van der Waals surface area contributed by atoms with E-state index in [2.05, 4.69) is 0 Å². The molecule has 0 bridgehead atoms. The first-order valence-corrected chi connectivity index (χ1v) is 5.11. The van der Waals surface area contributed by atoms with Crippen LogP contribution >= 0.6 is 0 Å². The van der Waals surface area contributed by atoms with Gasteiger partial charge in [0, 0.05) is 18.9 Å². The summed E-state index contributed by atoms with van der Waals surface area (Å²) >= 11 is 0. The SMILES string of the molecule is C1CCOC1.Cc1cccc(C)c1N.[LiH]. The van der Waals surface area contributed by atoms with E-state index in [1.54, 1.807) is 0 Å². The molecule has 0 aliphatic carbocycles. The number of ether oxygens (including phenoxy) is 1. The Morgan fingerprint density at radius 2 is 1.53 bits per heavy atom. The zero-order valence-electron chi connectivity index (χ0n) is 9.05. The van der Waals surface area contributed by atoms with Crippen LogP contribution in [0.25, 0.3) is 0 Å². The second kappa shape index (κ2) is 7.82. The third kappa shape index (κ3) is 5.27. The fourth-order valence-corrected chi connectivity index (χ4v) is 1.34. The Kier molecular flexibility index (Phi) is 7.60. The van der Waals surface area contributed by atoms with Gasteiger partial charge in [0.25, 0.3) is 0 Å². The van der Waals surface area contributed by atoms with E-state index in [9.17, 15) is 0 Å². The van der Waals surface area contributed by atoms with Crippen LogP contribution in [0.1, 0.15) is 24.0 Å². The average molecular weight is 201 g/mol. The summed E-state index contributed by atoms with van der Waals surface area (Å²) in [6, 6.07) is 6.05. The van der Waals surface area contributed by atoms with Crippen molar-refractivity contribution in [2.75, 3.05) is 18.9 Å². The van der Waals surface area contributed by atoms with Crippen LogP contribution in [0.2, 0.25) is 0 Å². The summed E-state index contributed by atoms with van der Waals surface area (Å²) in [6.45, 7) is 6.03. The Bertz CT molecular complexity index is 257. The molecular formula is C12H20LiNO. The van der Waals surface area contributed by atoms with E-state index in [1.165, 1.54) is 12.8 Å². The summed E-state index contributed by atoms with van der Waals surface area (Å²) in [4.78, 5) is 0. The van der Waals surface area contributed by atoms with Crippen molar-refractivity contribution in [3.8, 4) is 0 Å². The molecule has 0 saturated carbocycles. The van der Waals surface area contributed by atoms with Gasteiger partial charge in [-0.1, -0.05) is 18.2 Å². The van der Waals surface area contributed by atoms with Crippen molar-refractivity contribution in [3.63, 3.8) is 0 Å². The molecule has 1 aromatic carbocycles. The van der Waals surface area contributed by atoms with Crippen molar-refractivity contribution in [3.05, 3.63) is 29.3 Å². The number of hydrogen-bond acceptors (Lipinski definition) is 2. The Balaban J connectivity index is 0.000000280. The van der Waals surface area contributed by atoms with Crippen LogP contribution in [-0.4, -0.2) is 32.1 Å². The molecule has 1 fully saturated rings. The van der Waals surface area contributed by atoms with Crippen molar-refractivity contribution in [1.82, 2.24) is 0 Å². The predicted octanol–water partition coefficient (Wildman–Crippen LogP) is 2.03. The van der Waals surface area contributed by atoms with Gasteiger partial charge in [0.2, 0.25) is 0 Å². The molecule has 2 rings (SSSR count). The molecule has 0 atom stereocenters. The Hall–Kier alpha value is -0.423. The minimum absolute atomic E-state index is 0. The Morgan fingerprint density at radius 3 is 1.80 bits per heavy atom. The van der Waals surface area contributed by atoms with Crippen LogP contribution in [0.5, 0.6) is 0 Å². The zero-order chi connectivity index (χ0) is 10.4. The summed E-state index contributed by atoms with van der Waals surface area (Å²) in [5.74, 6) is 0. The van der Waals surface area contributed by atoms with Gasteiger partial charge in [-0.05, 0) is 37.8 Å². The standard InChI is InChI=1S/C8H11N.C4H8O.Li.H/c1-6-4-3-5-7(2)8(6)9;1-2-4-5-3-1;;/h3-5H,9H2,1-2H3;1-4H2;;. The van der Waals surface area contributed by atoms with Crippen LogP contribution in [0.3, 0.4) is 0 Å². The Labute approximate surface area is 104 Å². The normalized spacial score (nSPS) is 13.7. The van der Waals surface area contributed by atoms with Crippen LogP contribution in [0, 0.1) is 13.8 Å². The molecule has 0 spiro atoms. The second-order valence-corrected chi connectivity index (χ2v) is 3.62. The van der Waals surface area contributed by atoms with Crippen molar-refractivity contribution in [1.29, 1.82) is 0 Å². The summed E-state index contributed by atoms with van der Waals surface area (Å²) in [5.41, 5.74) is 8.92. The number of hydrogen-bond donors (Lipinski definition) is 1. The minimum atomic E-state index is 0. The molecule has 0 radical (unpaired) electrons. The summed E-state index contributed by atoms with van der Waals surface area (Å²) in [6.07, 6.45) is 2.56. The van der Waals surface area contributed by atoms with Gasteiger partial charge in [-0.15, -0.1) is 0 Å². The quantitative estimate of drug-likeness (QED) is 0.515. The number of benzene rings is 1. The number of anilines is 1.